The predicted molar refractivity (Wildman–Crippen MR) is 50.1 cm³/mol. The Hall–Kier alpha value is -0.900. The Kier molecular flexibility index (Phi) is 1.87. The fourth-order valence-corrected chi connectivity index (χ4v) is 1.66. The van der Waals surface area contributed by atoms with E-state index < -0.39 is 0 Å². The number of hydrogen-bond donors (Lipinski definition) is 0. The molecule has 1 aromatic heterocycles. The van der Waals surface area contributed by atoms with Crippen molar-refractivity contribution in [2.75, 3.05) is 6.54 Å². The zero-order chi connectivity index (χ0) is 9.47. The highest BCUT2D eigenvalue weighted by Crippen LogP contribution is 2.30. The molecule has 0 N–H and O–H groups in total. The monoisotopic (exact) mass is 180 g/mol. The normalized spacial score (nSPS) is 21.5. The van der Waals surface area contributed by atoms with Gasteiger partial charge in [-0.05, 0) is 20.3 Å². The van der Waals surface area contributed by atoms with Crippen molar-refractivity contribution >= 4 is 0 Å². The highest BCUT2D eigenvalue weighted by atomic mass is 15.4. The Balaban J connectivity index is 2.03. The first-order chi connectivity index (χ1) is 6.09. The SMILES string of the molecule is Cn1nncc1CN1CCC1(C)C. The second kappa shape index (κ2) is 2.80. The van der Waals surface area contributed by atoms with Gasteiger partial charge in [0.25, 0.3) is 0 Å². The maximum Gasteiger partial charge on any atom is 0.0738 e. The molecular weight excluding hydrogens is 164 g/mol. The largest absolute Gasteiger partial charge is 0.292 e. The summed E-state index contributed by atoms with van der Waals surface area (Å²) in [5.74, 6) is 0. The summed E-state index contributed by atoms with van der Waals surface area (Å²) in [5, 5.41) is 7.78. The molecule has 0 radical (unpaired) electrons. The Morgan fingerprint density at radius 2 is 2.31 bits per heavy atom. The van der Waals surface area contributed by atoms with E-state index in [1.54, 1.807) is 0 Å². The highest BCUT2D eigenvalue weighted by molar-refractivity contribution is 4.99. The summed E-state index contributed by atoms with van der Waals surface area (Å²) in [6, 6.07) is 0. The minimum Gasteiger partial charge on any atom is -0.292 e. The fraction of sp³-hybridized carbons (Fsp3) is 0.778. The zero-order valence-electron chi connectivity index (χ0n) is 8.49. The molecule has 0 aromatic carbocycles. The van der Waals surface area contributed by atoms with Gasteiger partial charge in [0.05, 0.1) is 11.9 Å². The van der Waals surface area contributed by atoms with Crippen LogP contribution in [0.15, 0.2) is 6.20 Å². The third-order valence-electron chi connectivity index (χ3n) is 3.01. The van der Waals surface area contributed by atoms with E-state index in [1.165, 1.54) is 18.7 Å². The first-order valence-electron chi connectivity index (χ1n) is 4.68. The van der Waals surface area contributed by atoms with Crippen molar-refractivity contribution in [1.29, 1.82) is 0 Å². The molecule has 4 heteroatoms. The Morgan fingerprint density at radius 1 is 1.54 bits per heavy atom. The van der Waals surface area contributed by atoms with Crippen LogP contribution in [0.2, 0.25) is 0 Å². The van der Waals surface area contributed by atoms with Gasteiger partial charge in [0.15, 0.2) is 0 Å². The summed E-state index contributed by atoms with van der Waals surface area (Å²) in [6.07, 6.45) is 3.13. The van der Waals surface area contributed by atoms with Crippen molar-refractivity contribution in [1.82, 2.24) is 19.9 Å². The summed E-state index contributed by atoms with van der Waals surface area (Å²) >= 11 is 0. The third kappa shape index (κ3) is 1.46. The maximum absolute atomic E-state index is 3.92. The molecule has 2 rings (SSSR count). The molecule has 13 heavy (non-hydrogen) atoms. The fourth-order valence-electron chi connectivity index (χ4n) is 1.66. The number of nitrogens with zero attached hydrogens (tertiary/aromatic N) is 4. The second-order valence-corrected chi connectivity index (χ2v) is 4.33. The topological polar surface area (TPSA) is 34.0 Å². The molecule has 0 saturated carbocycles. The van der Waals surface area contributed by atoms with Gasteiger partial charge in [-0.25, -0.2) is 0 Å². The van der Waals surface area contributed by atoms with Crippen LogP contribution in [-0.4, -0.2) is 32.0 Å². The van der Waals surface area contributed by atoms with Crippen molar-refractivity contribution in [2.45, 2.75) is 32.4 Å². The van der Waals surface area contributed by atoms with E-state index in [0.717, 1.165) is 6.54 Å². The van der Waals surface area contributed by atoms with E-state index in [2.05, 4.69) is 29.1 Å². The lowest BCUT2D eigenvalue weighted by molar-refractivity contribution is 0.00592. The van der Waals surface area contributed by atoms with Crippen molar-refractivity contribution < 1.29 is 0 Å². The minimum atomic E-state index is 0.365. The van der Waals surface area contributed by atoms with E-state index >= 15 is 0 Å². The zero-order valence-corrected chi connectivity index (χ0v) is 8.49. The van der Waals surface area contributed by atoms with Crippen molar-refractivity contribution in [3.63, 3.8) is 0 Å². The van der Waals surface area contributed by atoms with E-state index in [9.17, 15) is 0 Å². The average Bonchev–Trinajstić information content (AvgIpc) is 2.45. The molecule has 1 saturated heterocycles. The molecule has 1 fully saturated rings. The van der Waals surface area contributed by atoms with E-state index in [4.69, 9.17) is 0 Å². The number of rotatable bonds is 2. The quantitative estimate of drug-likeness (QED) is 0.675. The number of hydrogen-bond acceptors (Lipinski definition) is 3. The first-order valence-corrected chi connectivity index (χ1v) is 4.68. The van der Waals surface area contributed by atoms with E-state index in [0.29, 0.717) is 5.54 Å². The van der Waals surface area contributed by atoms with Crippen LogP contribution in [0.3, 0.4) is 0 Å². The number of likely N-dealkylation sites (tertiary alicyclic amines) is 1. The smallest absolute Gasteiger partial charge is 0.0738 e. The molecule has 72 valence electrons. The number of aromatic nitrogens is 3. The van der Waals surface area contributed by atoms with Gasteiger partial charge < -0.3 is 0 Å². The Bertz CT molecular complexity index is 302. The van der Waals surface area contributed by atoms with Gasteiger partial charge in [-0.15, -0.1) is 5.10 Å². The van der Waals surface area contributed by atoms with Crippen LogP contribution < -0.4 is 0 Å². The lowest BCUT2D eigenvalue weighted by atomic mass is 9.89. The number of aryl methyl sites for hydroxylation is 1. The average molecular weight is 180 g/mol. The van der Waals surface area contributed by atoms with Crippen LogP contribution in [0.4, 0.5) is 0 Å². The molecule has 0 bridgehead atoms. The van der Waals surface area contributed by atoms with E-state index in [1.807, 2.05) is 17.9 Å². The van der Waals surface area contributed by atoms with Gasteiger partial charge in [0.2, 0.25) is 0 Å². The molecule has 4 nitrogen and oxygen atoms in total. The van der Waals surface area contributed by atoms with Gasteiger partial charge >= 0.3 is 0 Å². The van der Waals surface area contributed by atoms with Gasteiger partial charge in [-0.2, -0.15) is 0 Å². The molecule has 2 heterocycles. The predicted octanol–water partition coefficient (Wildman–Crippen LogP) is 0.799. The van der Waals surface area contributed by atoms with E-state index in [-0.39, 0.29) is 0 Å². The Labute approximate surface area is 78.5 Å². The molecular formula is C9H16N4. The van der Waals surface area contributed by atoms with Crippen LogP contribution >= 0.6 is 0 Å². The molecule has 1 aliphatic heterocycles. The first kappa shape index (κ1) is 8.69. The minimum absolute atomic E-state index is 0.365. The molecule has 0 amide bonds. The summed E-state index contributed by atoms with van der Waals surface area (Å²) < 4.78 is 1.84. The molecule has 1 aliphatic rings. The molecule has 0 atom stereocenters. The molecule has 0 unspecified atom stereocenters. The van der Waals surface area contributed by atoms with Crippen molar-refractivity contribution in [2.24, 2.45) is 7.05 Å². The van der Waals surface area contributed by atoms with Gasteiger partial charge in [0.1, 0.15) is 0 Å². The maximum atomic E-state index is 3.92. The lowest BCUT2D eigenvalue weighted by Crippen LogP contribution is -2.55. The highest BCUT2D eigenvalue weighted by Gasteiger charge is 2.35. The summed E-state index contributed by atoms with van der Waals surface area (Å²) in [7, 11) is 1.94. The molecule has 1 aromatic rings. The Morgan fingerprint density at radius 3 is 2.69 bits per heavy atom. The second-order valence-electron chi connectivity index (χ2n) is 4.33. The molecule has 0 spiro atoms. The van der Waals surface area contributed by atoms with Gasteiger partial charge in [-0.3, -0.25) is 9.58 Å². The van der Waals surface area contributed by atoms with Gasteiger partial charge in [-0.1, -0.05) is 5.21 Å². The summed E-state index contributed by atoms with van der Waals surface area (Å²) in [5.41, 5.74) is 1.55. The van der Waals surface area contributed by atoms with Crippen molar-refractivity contribution in [3.05, 3.63) is 11.9 Å². The van der Waals surface area contributed by atoms with Crippen molar-refractivity contribution in [3.8, 4) is 0 Å². The standard InChI is InChI=1S/C9H16N4/c1-9(2)4-5-13(9)7-8-6-10-11-12(8)3/h6H,4-5,7H2,1-3H3. The van der Waals surface area contributed by atoms with Gasteiger partial charge in [0, 0.05) is 25.7 Å². The summed E-state index contributed by atoms with van der Waals surface area (Å²) in [6.45, 7) is 6.72. The molecule has 0 aliphatic carbocycles. The van der Waals surface area contributed by atoms with Crippen LogP contribution in [0.5, 0.6) is 0 Å². The summed E-state index contributed by atoms with van der Waals surface area (Å²) in [4.78, 5) is 2.45. The third-order valence-corrected chi connectivity index (χ3v) is 3.01. The van der Waals surface area contributed by atoms with Crippen LogP contribution in [0, 0.1) is 0 Å². The van der Waals surface area contributed by atoms with Crippen LogP contribution in [-0.2, 0) is 13.6 Å². The lowest BCUT2D eigenvalue weighted by Gasteiger charge is -2.48. The van der Waals surface area contributed by atoms with Crippen LogP contribution in [0.1, 0.15) is 26.0 Å². The van der Waals surface area contributed by atoms with Crippen LogP contribution in [0.25, 0.3) is 0 Å².